The molecule has 5 atom stereocenters. The van der Waals surface area contributed by atoms with Crippen LogP contribution in [-0.4, -0.2) is 57.8 Å². The first-order chi connectivity index (χ1) is 13.8. The van der Waals surface area contributed by atoms with E-state index in [0.29, 0.717) is 6.42 Å². The lowest BCUT2D eigenvalue weighted by Gasteiger charge is -2.44. The summed E-state index contributed by atoms with van der Waals surface area (Å²) in [4.78, 5) is 36.1. The number of esters is 3. The summed E-state index contributed by atoms with van der Waals surface area (Å²) in [5.74, 6) is -4.61. The van der Waals surface area contributed by atoms with Gasteiger partial charge in [-0.2, -0.15) is 0 Å². The molecule has 0 amide bonds. The van der Waals surface area contributed by atoms with E-state index in [4.69, 9.17) is 18.9 Å². The van der Waals surface area contributed by atoms with Gasteiger partial charge in [0.15, 0.2) is 5.79 Å². The second-order valence-corrected chi connectivity index (χ2v) is 8.47. The van der Waals surface area contributed by atoms with Gasteiger partial charge in [-0.15, -0.1) is 0 Å². The molecule has 0 radical (unpaired) electrons. The van der Waals surface area contributed by atoms with E-state index in [1.54, 1.807) is 26.8 Å². The fourth-order valence-electron chi connectivity index (χ4n) is 4.13. The van der Waals surface area contributed by atoms with Crippen molar-refractivity contribution in [2.75, 3.05) is 6.61 Å². The van der Waals surface area contributed by atoms with Gasteiger partial charge in [-0.05, 0) is 26.3 Å². The highest BCUT2D eigenvalue weighted by atomic mass is 16.7. The minimum atomic E-state index is -1.91. The number of carbonyl (C=O) groups excluding carboxylic acids is 3. The summed E-state index contributed by atoms with van der Waals surface area (Å²) in [5, 5.41) is 22.5. The van der Waals surface area contributed by atoms with Crippen LogP contribution in [0.5, 0.6) is 0 Å². The lowest BCUT2D eigenvalue weighted by Crippen LogP contribution is -2.59. The molecule has 0 aromatic carbocycles. The smallest absolute Gasteiger partial charge is 0.343 e. The Balaban J connectivity index is 2.23. The minimum absolute atomic E-state index is 0.0152. The molecule has 1 saturated heterocycles. The normalized spacial score (nSPS) is 38.1. The van der Waals surface area contributed by atoms with Gasteiger partial charge in [-0.3, -0.25) is 9.59 Å². The summed E-state index contributed by atoms with van der Waals surface area (Å²) in [6.07, 6.45) is 0.946. The molecule has 9 nitrogen and oxygen atoms in total. The monoisotopic (exact) mass is 424 g/mol. The number of fused-ring (bicyclic) bond motifs is 3. The maximum absolute atomic E-state index is 12.6. The summed E-state index contributed by atoms with van der Waals surface area (Å²) in [5.41, 5.74) is -2.67. The van der Waals surface area contributed by atoms with Gasteiger partial charge in [0.05, 0.1) is 11.2 Å². The molecule has 2 bridgehead atoms. The summed E-state index contributed by atoms with van der Waals surface area (Å²) in [6, 6.07) is 0. The molecule has 9 heteroatoms. The van der Waals surface area contributed by atoms with E-state index in [9.17, 15) is 24.6 Å². The summed E-state index contributed by atoms with van der Waals surface area (Å²) >= 11 is 0. The number of rotatable bonds is 4. The van der Waals surface area contributed by atoms with Gasteiger partial charge in [0.25, 0.3) is 0 Å². The Kier molecular flexibility index (Phi) is 5.59. The van der Waals surface area contributed by atoms with Crippen molar-refractivity contribution in [3.63, 3.8) is 0 Å². The zero-order valence-electron chi connectivity index (χ0n) is 17.8. The molecule has 3 aliphatic rings. The van der Waals surface area contributed by atoms with E-state index in [1.165, 1.54) is 13.8 Å². The van der Waals surface area contributed by atoms with E-state index in [1.807, 2.05) is 0 Å². The van der Waals surface area contributed by atoms with E-state index < -0.39 is 46.9 Å². The van der Waals surface area contributed by atoms with Crippen molar-refractivity contribution in [1.29, 1.82) is 0 Å². The Labute approximate surface area is 174 Å². The number of aliphatic hydroxyl groups is 2. The quantitative estimate of drug-likeness (QED) is 0.506. The van der Waals surface area contributed by atoms with Crippen molar-refractivity contribution >= 4 is 17.9 Å². The molecule has 3 rings (SSSR count). The molecule has 0 spiro atoms. The van der Waals surface area contributed by atoms with Crippen LogP contribution in [0.4, 0.5) is 0 Å². The van der Waals surface area contributed by atoms with Gasteiger partial charge in [0, 0.05) is 31.3 Å². The number of hydrogen-bond donors (Lipinski definition) is 2. The van der Waals surface area contributed by atoms with Gasteiger partial charge in [0.2, 0.25) is 0 Å². The maximum atomic E-state index is 12.6. The number of carbonyl (C=O) groups is 3. The van der Waals surface area contributed by atoms with E-state index >= 15 is 0 Å². The third-order valence-corrected chi connectivity index (χ3v) is 6.22. The molecule has 0 saturated carbocycles. The molecule has 5 unspecified atom stereocenters. The Morgan fingerprint density at radius 3 is 2.53 bits per heavy atom. The Morgan fingerprint density at radius 2 is 1.93 bits per heavy atom. The lowest BCUT2D eigenvalue weighted by molar-refractivity contribution is -0.311. The number of hydrogen-bond acceptors (Lipinski definition) is 9. The number of ether oxygens (including phenoxy) is 4. The van der Waals surface area contributed by atoms with Gasteiger partial charge in [-0.25, -0.2) is 4.79 Å². The summed E-state index contributed by atoms with van der Waals surface area (Å²) in [7, 11) is 0. The van der Waals surface area contributed by atoms with E-state index in [2.05, 4.69) is 0 Å². The van der Waals surface area contributed by atoms with Crippen molar-refractivity contribution in [2.45, 2.75) is 77.0 Å². The molecule has 0 aromatic rings. The summed E-state index contributed by atoms with van der Waals surface area (Å²) < 4.78 is 22.0. The van der Waals surface area contributed by atoms with Gasteiger partial charge in [-0.1, -0.05) is 13.8 Å². The first-order valence-corrected chi connectivity index (χ1v) is 10.00. The molecule has 1 fully saturated rings. The minimum Gasteiger partial charge on any atom is -0.461 e. The predicted molar refractivity (Wildman–Crippen MR) is 101 cm³/mol. The Bertz CT molecular complexity index is 839. The first kappa shape index (κ1) is 22.5. The van der Waals surface area contributed by atoms with Crippen molar-refractivity contribution in [1.82, 2.24) is 0 Å². The average molecular weight is 424 g/mol. The molecular formula is C21H28O9. The van der Waals surface area contributed by atoms with Crippen molar-refractivity contribution in [3.05, 3.63) is 23.0 Å². The predicted octanol–water partition coefficient (Wildman–Crippen LogP) is 1.27. The molecule has 3 aliphatic heterocycles. The highest BCUT2D eigenvalue weighted by Crippen LogP contribution is 2.51. The molecule has 3 heterocycles. The third kappa shape index (κ3) is 3.66. The van der Waals surface area contributed by atoms with Crippen LogP contribution in [-0.2, 0) is 33.3 Å². The fourth-order valence-corrected chi connectivity index (χ4v) is 4.13. The molecular weight excluding hydrogens is 396 g/mol. The van der Waals surface area contributed by atoms with Gasteiger partial charge in [0.1, 0.15) is 24.1 Å². The van der Waals surface area contributed by atoms with Crippen LogP contribution in [0.3, 0.4) is 0 Å². The highest BCUT2D eigenvalue weighted by molar-refractivity contribution is 5.95. The summed E-state index contributed by atoms with van der Waals surface area (Å²) in [6.45, 7) is 7.14. The lowest BCUT2D eigenvalue weighted by atomic mass is 9.75. The van der Waals surface area contributed by atoms with Crippen LogP contribution in [0.1, 0.15) is 53.9 Å². The third-order valence-electron chi connectivity index (χ3n) is 6.22. The van der Waals surface area contributed by atoms with E-state index in [0.717, 1.165) is 0 Å². The zero-order chi connectivity index (χ0) is 22.5. The van der Waals surface area contributed by atoms with Gasteiger partial charge >= 0.3 is 17.9 Å². The maximum Gasteiger partial charge on any atom is 0.343 e. The average Bonchev–Trinajstić information content (AvgIpc) is 3.13. The largest absolute Gasteiger partial charge is 0.461 e. The molecule has 166 valence electrons. The topological polar surface area (TPSA) is 129 Å². The Morgan fingerprint density at radius 1 is 1.27 bits per heavy atom. The van der Waals surface area contributed by atoms with Crippen LogP contribution >= 0.6 is 0 Å². The van der Waals surface area contributed by atoms with Crippen LogP contribution in [0.2, 0.25) is 0 Å². The molecule has 0 aliphatic carbocycles. The van der Waals surface area contributed by atoms with Crippen LogP contribution in [0.15, 0.2) is 23.0 Å². The SMILES string of the molecule is CCC(=O)OC1C2=C(COC(C)=O)C(=O)OC2=CC2(C)CCC(O)(O2)C(C)(O)C1C. The van der Waals surface area contributed by atoms with Gasteiger partial charge < -0.3 is 29.2 Å². The Hall–Kier alpha value is -2.23. The second-order valence-electron chi connectivity index (χ2n) is 8.47. The van der Waals surface area contributed by atoms with Crippen LogP contribution in [0.25, 0.3) is 0 Å². The van der Waals surface area contributed by atoms with Crippen molar-refractivity contribution in [2.24, 2.45) is 5.92 Å². The van der Waals surface area contributed by atoms with Crippen molar-refractivity contribution in [3.8, 4) is 0 Å². The first-order valence-electron chi connectivity index (χ1n) is 10.00. The van der Waals surface area contributed by atoms with E-state index in [-0.39, 0.29) is 36.4 Å². The molecule has 30 heavy (non-hydrogen) atoms. The molecule has 2 N–H and O–H groups in total. The second kappa shape index (κ2) is 7.47. The standard InChI is InChI=1S/C21H28O9/c1-6-15(23)29-17-11(2)20(5,25)21(26)8-7-19(4,30-21)9-14-16(17)13(18(24)28-14)10-27-12(3)22/h9,11,17,25-26H,6-8,10H2,1-5H3. The fraction of sp³-hybridized carbons (Fsp3) is 0.667. The van der Waals surface area contributed by atoms with Crippen LogP contribution < -0.4 is 0 Å². The van der Waals surface area contributed by atoms with Crippen molar-refractivity contribution < 1.29 is 43.5 Å². The zero-order valence-corrected chi connectivity index (χ0v) is 17.8. The van der Waals surface area contributed by atoms with Crippen LogP contribution in [0, 0.1) is 5.92 Å². The highest BCUT2D eigenvalue weighted by Gasteiger charge is 2.61. The molecule has 0 aromatic heterocycles.